The van der Waals surface area contributed by atoms with Crippen LogP contribution in [0.15, 0.2) is 24.3 Å². The van der Waals surface area contributed by atoms with E-state index in [1.807, 2.05) is 6.07 Å². The van der Waals surface area contributed by atoms with E-state index in [0.29, 0.717) is 5.88 Å². The van der Waals surface area contributed by atoms with Gasteiger partial charge in [0.25, 0.3) is 0 Å². The zero-order valence-corrected chi connectivity index (χ0v) is 10.1. The van der Waals surface area contributed by atoms with Crippen molar-refractivity contribution < 1.29 is 0 Å². The molecule has 0 amide bonds. The van der Waals surface area contributed by atoms with Crippen LogP contribution in [0.25, 0.3) is 0 Å². The van der Waals surface area contributed by atoms with Gasteiger partial charge in [0.1, 0.15) is 0 Å². The Balaban J connectivity index is 2.03. The van der Waals surface area contributed by atoms with Gasteiger partial charge in [-0.25, -0.2) is 0 Å². The van der Waals surface area contributed by atoms with Gasteiger partial charge in [-0.15, -0.1) is 11.6 Å². The van der Waals surface area contributed by atoms with E-state index in [1.54, 1.807) is 0 Å². The number of likely N-dealkylation sites (tertiary alicyclic amines) is 1. The van der Waals surface area contributed by atoms with Gasteiger partial charge in [-0.3, -0.25) is 4.90 Å². The van der Waals surface area contributed by atoms with Crippen LogP contribution in [0.5, 0.6) is 0 Å². The fourth-order valence-corrected chi connectivity index (χ4v) is 2.15. The van der Waals surface area contributed by atoms with Crippen molar-refractivity contribution in [1.82, 2.24) is 4.90 Å². The van der Waals surface area contributed by atoms with Crippen LogP contribution < -0.4 is 0 Å². The molecular weight excluding hydrogens is 218 g/mol. The number of benzene rings is 1. The maximum atomic E-state index is 5.55. The second kappa shape index (κ2) is 5.94. The summed E-state index contributed by atoms with van der Waals surface area (Å²) in [5.41, 5.74) is 2.42. The standard InChI is InChI=1S/C14H16ClN/c15-8-4-7-13-5-3-6-14(11-13)12-16-9-1-2-10-16/h3,5-6,11H,1-2,8-10,12H2. The Morgan fingerprint density at radius 3 is 2.81 bits per heavy atom. The molecular formula is C14H16ClN. The highest BCUT2D eigenvalue weighted by molar-refractivity contribution is 6.19. The first-order valence-corrected chi connectivity index (χ1v) is 6.28. The van der Waals surface area contributed by atoms with E-state index in [2.05, 4.69) is 34.9 Å². The van der Waals surface area contributed by atoms with E-state index in [9.17, 15) is 0 Å². The van der Waals surface area contributed by atoms with Crippen LogP contribution in [0, 0.1) is 11.8 Å². The van der Waals surface area contributed by atoms with Gasteiger partial charge in [0, 0.05) is 12.1 Å². The molecule has 84 valence electrons. The lowest BCUT2D eigenvalue weighted by molar-refractivity contribution is 0.331. The van der Waals surface area contributed by atoms with Crippen molar-refractivity contribution in [2.24, 2.45) is 0 Å². The minimum atomic E-state index is 0.399. The van der Waals surface area contributed by atoms with Gasteiger partial charge < -0.3 is 0 Å². The van der Waals surface area contributed by atoms with Crippen molar-refractivity contribution in [2.75, 3.05) is 19.0 Å². The summed E-state index contributed by atoms with van der Waals surface area (Å²) < 4.78 is 0. The SMILES string of the molecule is ClCC#Cc1cccc(CN2CCCC2)c1. The summed E-state index contributed by atoms with van der Waals surface area (Å²) in [5.74, 6) is 6.35. The summed E-state index contributed by atoms with van der Waals surface area (Å²) in [6.45, 7) is 3.52. The maximum Gasteiger partial charge on any atom is 0.0839 e. The van der Waals surface area contributed by atoms with Crippen LogP contribution >= 0.6 is 11.6 Å². The highest BCUT2D eigenvalue weighted by Crippen LogP contribution is 2.13. The van der Waals surface area contributed by atoms with Gasteiger partial charge in [-0.1, -0.05) is 24.0 Å². The van der Waals surface area contributed by atoms with Gasteiger partial charge in [0.05, 0.1) is 5.88 Å². The Morgan fingerprint density at radius 1 is 1.25 bits per heavy atom. The lowest BCUT2D eigenvalue weighted by Crippen LogP contribution is -2.18. The minimum absolute atomic E-state index is 0.399. The molecule has 0 bridgehead atoms. The monoisotopic (exact) mass is 233 g/mol. The van der Waals surface area contributed by atoms with Crippen LogP contribution in [0.3, 0.4) is 0 Å². The van der Waals surface area contributed by atoms with E-state index in [4.69, 9.17) is 11.6 Å². The Morgan fingerprint density at radius 2 is 2.06 bits per heavy atom. The van der Waals surface area contributed by atoms with Crippen molar-refractivity contribution in [2.45, 2.75) is 19.4 Å². The summed E-state index contributed by atoms with van der Waals surface area (Å²) in [5, 5.41) is 0. The fraction of sp³-hybridized carbons (Fsp3) is 0.429. The van der Waals surface area contributed by atoms with Crippen molar-refractivity contribution in [3.63, 3.8) is 0 Å². The Hall–Kier alpha value is -0.970. The number of rotatable bonds is 2. The van der Waals surface area contributed by atoms with Gasteiger partial charge >= 0.3 is 0 Å². The molecule has 1 saturated heterocycles. The molecule has 1 fully saturated rings. The lowest BCUT2D eigenvalue weighted by Gasteiger charge is -2.14. The maximum absolute atomic E-state index is 5.55. The van der Waals surface area contributed by atoms with E-state index in [-0.39, 0.29) is 0 Å². The summed E-state index contributed by atoms with van der Waals surface area (Å²) in [6, 6.07) is 8.44. The zero-order valence-electron chi connectivity index (χ0n) is 9.38. The third-order valence-electron chi connectivity index (χ3n) is 2.83. The molecule has 1 aromatic carbocycles. The molecule has 2 rings (SSSR count). The van der Waals surface area contributed by atoms with Crippen LogP contribution in [-0.4, -0.2) is 23.9 Å². The molecule has 0 N–H and O–H groups in total. The minimum Gasteiger partial charge on any atom is -0.299 e. The summed E-state index contributed by atoms with van der Waals surface area (Å²) in [4.78, 5) is 2.49. The molecule has 0 atom stereocenters. The van der Waals surface area contributed by atoms with Crippen molar-refractivity contribution in [1.29, 1.82) is 0 Å². The molecule has 0 unspecified atom stereocenters. The number of halogens is 1. The Kier molecular flexibility index (Phi) is 4.27. The van der Waals surface area contributed by atoms with E-state index < -0.39 is 0 Å². The second-order valence-electron chi connectivity index (χ2n) is 4.12. The van der Waals surface area contributed by atoms with E-state index in [1.165, 1.54) is 31.5 Å². The van der Waals surface area contributed by atoms with Crippen LogP contribution in [0.4, 0.5) is 0 Å². The Bertz CT molecular complexity index is 397. The molecule has 16 heavy (non-hydrogen) atoms. The molecule has 1 aromatic rings. The van der Waals surface area contributed by atoms with Gasteiger partial charge in [-0.05, 0) is 43.6 Å². The zero-order chi connectivity index (χ0) is 11.2. The predicted octanol–water partition coefficient (Wildman–Crippen LogP) is 2.87. The molecule has 0 spiro atoms. The smallest absolute Gasteiger partial charge is 0.0839 e. The van der Waals surface area contributed by atoms with Crippen molar-refractivity contribution in [3.05, 3.63) is 35.4 Å². The quantitative estimate of drug-likeness (QED) is 0.561. The molecule has 0 radical (unpaired) electrons. The molecule has 1 heterocycles. The third-order valence-corrected chi connectivity index (χ3v) is 2.97. The van der Waals surface area contributed by atoms with E-state index >= 15 is 0 Å². The highest BCUT2D eigenvalue weighted by Gasteiger charge is 2.11. The van der Waals surface area contributed by atoms with Gasteiger partial charge in [0.15, 0.2) is 0 Å². The van der Waals surface area contributed by atoms with Crippen LogP contribution in [0.1, 0.15) is 24.0 Å². The molecule has 1 nitrogen and oxygen atoms in total. The highest BCUT2D eigenvalue weighted by atomic mass is 35.5. The number of hydrogen-bond donors (Lipinski definition) is 0. The molecule has 0 aromatic heterocycles. The number of alkyl halides is 1. The Labute approximate surface area is 102 Å². The van der Waals surface area contributed by atoms with Gasteiger partial charge in [0.2, 0.25) is 0 Å². The van der Waals surface area contributed by atoms with Crippen LogP contribution in [-0.2, 0) is 6.54 Å². The molecule has 0 aliphatic carbocycles. The van der Waals surface area contributed by atoms with Crippen molar-refractivity contribution >= 4 is 11.6 Å². The predicted molar refractivity (Wildman–Crippen MR) is 68.6 cm³/mol. The number of hydrogen-bond acceptors (Lipinski definition) is 1. The second-order valence-corrected chi connectivity index (χ2v) is 4.39. The lowest BCUT2D eigenvalue weighted by atomic mass is 10.1. The summed E-state index contributed by atoms with van der Waals surface area (Å²) in [7, 11) is 0. The fourth-order valence-electron chi connectivity index (χ4n) is 2.08. The molecule has 1 aliphatic heterocycles. The number of nitrogens with zero attached hydrogens (tertiary/aromatic N) is 1. The molecule has 2 heteroatoms. The largest absolute Gasteiger partial charge is 0.299 e. The first-order valence-electron chi connectivity index (χ1n) is 5.74. The van der Waals surface area contributed by atoms with E-state index in [0.717, 1.165) is 12.1 Å². The first-order chi connectivity index (χ1) is 7.88. The average molecular weight is 234 g/mol. The molecule has 1 aliphatic rings. The molecule has 0 saturated carbocycles. The summed E-state index contributed by atoms with van der Waals surface area (Å²) >= 11 is 5.55. The summed E-state index contributed by atoms with van der Waals surface area (Å²) in [6.07, 6.45) is 2.68. The average Bonchev–Trinajstić information content (AvgIpc) is 2.80. The topological polar surface area (TPSA) is 3.24 Å². The first kappa shape index (κ1) is 11.5. The normalized spacial score (nSPS) is 15.8. The van der Waals surface area contributed by atoms with Crippen molar-refractivity contribution in [3.8, 4) is 11.8 Å². The van der Waals surface area contributed by atoms with Crippen LogP contribution in [0.2, 0.25) is 0 Å². The third kappa shape index (κ3) is 3.27. The van der Waals surface area contributed by atoms with Gasteiger partial charge in [-0.2, -0.15) is 0 Å².